The first-order chi connectivity index (χ1) is 8.66. The van der Waals surface area contributed by atoms with E-state index in [1.165, 1.54) is 0 Å². The first-order valence-corrected chi connectivity index (χ1v) is 5.73. The summed E-state index contributed by atoms with van der Waals surface area (Å²) in [5, 5.41) is 14.3. The van der Waals surface area contributed by atoms with Gasteiger partial charge in [0.1, 0.15) is 0 Å². The molecule has 6 nitrogen and oxygen atoms in total. The third-order valence-corrected chi connectivity index (χ3v) is 3.00. The molecule has 18 heavy (non-hydrogen) atoms. The summed E-state index contributed by atoms with van der Waals surface area (Å²) >= 11 is 0. The van der Waals surface area contributed by atoms with Crippen molar-refractivity contribution in [2.24, 2.45) is 0 Å². The molecular formula is C12H11N3O3. The Labute approximate surface area is 102 Å². The number of nitro groups is 1. The summed E-state index contributed by atoms with van der Waals surface area (Å²) in [7, 11) is 0. The summed E-state index contributed by atoms with van der Waals surface area (Å²) in [6.07, 6.45) is 1.89. The van der Waals surface area contributed by atoms with Crippen molar-refractivity contribution in [1.29, 1.82) is 0 Å². The predicted molar refractivity (Wildman–Crippen MR) is 65.4 cm³/mol. The van der Waals surface area contributed by atoms with Crippen molar-refractivity contribution in [1.82, 2.24) is 10.3 Å². The van der Waals surface area contributed by atoms with Gasteiger partial charge < -0.3 is 10.3 Å². The van der Waals surface area contributed by atoms with Crippen molar-refractivity contribution in [3.05, 3.63) is 40.1 Å². The monoisotopic (exact) mass is 245 g/mol. The molecule has 6 heteroatoms. The van der Waals surface area contributed by atoms with Crippen LogP contribution in [0.15, 0.2) is 24.3 Å². The number of hydrogen-bond donors (Lipinski definition) is 2. The largest absolute Gasteiger partial charge is 0.348 e. The molecule has 0 aliphatic heterocycles. The van der Waals surface area contributed by atoms with Crippen molar-refractivity contribution in [3.8, 4) is 0 Å². The third kappa shape index (κ3) is 1.71. The molecule has 3 rings (SSSR count). The number of para-hydroxylation sites is 1. The number of aromatic amines is 1. The minimum Gasteiger partial charge on any atom is -0.348 e. The SMILES string of the molecule is O=C(NC1CC1)c1[nH]c2ccccc2c1[N+](=O)[O-]. The fraction of sp³-hybridized carbons (Fsp3) is 0.250. The van der Waals surface area contributed by atoms with Crippen LogP contribution in [-0.2, 0) is 0 Å². The molecule has 0 spiro atoms. The van der Waals surface area contributed by atoms with Crippen LogP contribution in [0.4, 0.5) is 5.69 Å². The summed E-state index contributed by atoms with van der Waals surface area (Å²) in [5.41, 5.74) is 0.488. The standard InChI is InChI=1S/C12H11N3O3/c16-12(13-7-5-6-7)10-11(15(17)18)8-3-1-2-4-9(8)14-10/h1-4,7,14H,5-6H2,(H,13,16). The highest BCUT2D eigenvalue weighted by Gasteiger charge is 2.30. The van der Waals surface area contributed by atoms with Gasteiger partial charge in [0.15, 0.2) is 5.69 Å². The average molecular weight is 245 g/mol. The number of fused-ring (bicyclic) bond motifs is 1. The Morgan fingerprint density at radius 3 is 2.78 bits per heavy atom. The van der Waals surface area contributed by atoms with Crippen molar-refractivity contribution >= 4 is 22.5 Å². The first-order valence-electron chi connectivity index (χ1n) is 5.73. The van der Waals surface area contributed by atoms with Gasteiger partial charge >= 0.3 is 5.69 Å². The number of benzene rings is 1. The van der Waals surface area contributed by atoms with E-state index in [9.17, 15) is 14.9 Å². The van der Waals surface area contributed by atoms with Crippen molar-refractivity contribution < 1.29 is 9.72 Å². The van der Waals surface area contributed by atoms with Gasteiger partial charge in [-0.25, -0.2) is 0 Å². The van der Waals surface area contributed by atoms with Crippen LogP contribution < -0.4 is 5.32 Å². The van der Waals surface area contributed by atoms with Gasteiger partial charge in [-0.1, -0.05) is 12.1 Å². The summed E-state index contributed by atoms with van der Waals surface area (Å²) in [6, 6.07) is 7.01. The quantitative estimate of drug-likeness (QED) is 0.640. The van der Waals surface area contributed by atoms with E-state index in [4.69, 9.17) is 0 Å². The third-order valence-electron chi connectivity index (χ3n) is 3.00. The number of amides is 1. The Hall–Kier alpha value is -2.37. The van der Waals surface area contributed by atoms with E-state index in [1.807, 2.05) is 0 Å². The topological polar surface area (TPSA) is 88.0 Å². The zero-order valence-corrected chi connectivity index (χ0v) is 9.47. The first kappa shape index (κ1) is 10.8. The molecule has 0 bridgehead atoms. The number of carbonyl (C=O) groups is 1. The second-order valence-corrected chi connectivity index (χ2v) is 4.40. The molecule has 1 heterocycles. The van der Waals surface area contributed by atoms with E-state index in [0.717, 1.165) is 12.8 Å². The molecule has 0 radical (unpaired) electrons. The minimum absolute atomic E-state index is 0.0353. The van der Waals surface area contributed by atoms with Crippen LogP contribution in [0.2, 0.25) is 0 Å². The molecule has 1 aliphatic rings. The van der Waals surface area contributed by atoms with E-state index in [2.05, 4.69) is 10.3 Å². The van der Waals surface area contributed by atoms with Crippen LogP contribution in [0.25, 0.3) is 10.9 Å². The van der Waals surface area contributed by atoms with Gasteiger partial charge in [-0.2, -0.15) is 0 Å². The van der Waals surface area contributed by atoms with Crippen molar-refractivity contribution in [2.45, 2.75) is 18.9 Å². The minimum atomic E-state index is -0.513. The smallest absolute Gasteiger partial charge is 0.307 e. The second kappa shape index (κ2) is 3.83. The molecule has 2 N–H and O–H groups in total. The molecule has 0 unspecified atom stereocenters. The van der Waals surface area contributed by atoms with Crippen LogP contribution in [0.5, 0.6) is 0 Å². The Bertz CT molecular complexity index is 643. The van der Waals surface area contributed by atoms with Gasteiger partial charge in [0.05, 0.1) is 15.8 Å². The fourth-order valence-corrected chi connectivity index (χ4v) is 1.97. The number of nitrogens with zero attached hydrogens (tertiary/aromatic N) is 1. The van der Waals surface area contributed by atoms with E-state index in [-0.39, 0.29) is 17.4 Å². The van der Waals surface area contributed by atoms with Crippen LogP contribution >= 0.6 is 0 Å². The van der Waals surface area contributed by atoms with Crippen LogP contribution in [0.1, 0.15) is 23.3 Å². The summed E-state index contributed by atoms with van der Waals surface area (Å²) in [6.45, 7) is 0. The molecule has 1 aromatic carbocycles. The molecular weight excluding hydrogens is 234 g/mol. The summed E-state index contributed by atoms with van der Waals surface area (Å²) in [4.78, 5) is 25.4. The molecule has 0 saturated heterocycles. The highest BCUT2D eigenvalue weighted by Crippen LogP contribution is 2.30. The van der Waals surface area contributed by atoms with Gasteiger partial charge in [0, 0.05) is 6.04 Å². The molecule has 2 aromatic rings. The van der Waals surface area contributed by atoms with E-state index in [0.29, 0.717) is 10.9 Å². The number of aromatic nitrogens is 1. The molecule has 1 amide bonds. The lowest BCUT2D eigenvalue weighted by atomic mass is 10.2. The van der Waals surface area contributed by atoms with Gasteiger partial charge in [-0.15, -0.1) is 0 Å². The van der Waals surface area contributed by atoms with Gasteiger partial charge in [-0.3, -0.25) is 14.9 Å². The Morgan fingerprint density at radius 1 is 1.39 bits per heavy atom. The van der Waals surface area contributed by atoms with Crippen LogP contribution in [0.3, 0.4) is 0 Å². The number of hydrogen-bond acceptors (Lipinski definition) is 3. The molecule has 1 aliphatic carbocycles. The summed E-state index contributed by atoms with van der Waals surface area (Å²) in [5.74, 6) is -0.402. The van der Waals surface area contributed by atoms with Gasteiger partial charge in [0.25, 0.3) is 5.91 Å². The molecule has 92 valence electrons. The van der Waals surface area contributed by atoms with Gasteiger partial charge in [-0.05, 0) is 25.0 Å². The normalized spacial score (nSPS) is 14.7. The van der Waals surface area contributed by atoms with Gasteiger partial charge in [0.2, 0.25) is 0 Å². The fourth-order valence-electron chi connectivity index (χ4n) is 1.97. The molecule has 0 atom stereocenters. The summed E-state index contributed by atoms with van der Waals surface area (Å²) < 4.78 is 0. The molecule has 1 saturated carbocycles. The van der Waals surface area contributed by atoms with Crippen LogP contribution in [-0.4, -0.2) is 21.9 Å². The van der Waals surface area contributed by atoms with Crippen LogP contribution in [0, 0.1) is 10.1 Å². The maximum Gasteiger partial charge on any atom is 0.307 e. The lowest BCUT2D eigenvalue weighted by Gasteiger charge is -1.99. The maximum atomic E-state index is 11.9. The number of rotatable bonds is 3. The maximum absolute atomic E-state index is 11.9. The zero-order valence-electron chi connectivity index (χ0n) is 9.47. The lowest BCUT2D eigenvalue weighted by molar-refractivity contribution is -0.383. The van der Waals surface area contributed by atoms with E-state index in [1.54, 1.807) is 24.3 Å². The number of carbonyl (C=O) groups excluding carboxylic acids is 1. The Balaban J connectivity index is 2.11. The number of nitrogens with one attached hydrogen (secondary N) is 2. The molecule has 1 aromatic heterocycles. The van der Waals surface area contributed by atoms with Crippen molar-refractivity contribution in [3.63, 3.8) is 0 Å². The second-order valence-electron chi connectivity index (χ2n) is 4.40. The van der Waals surface area contributed by atoms with Crippen molar-refractivity contribution in [2.75, 3.05) is 0 Å². The lowest BCUT2D eigenvalue weighted by Crippen LogP contribution is -2.26. The Kier molecular flexibility index (Phi) is 2.29. The average Bonchev–Trinajstić information content (AvgIpc) is 3.06. The molecule has 1 fully saturated rings. The predicted octanol–water partition coefficient (Wildman–Crippen LogP) is 1.97. The Morgan fingerprint density at radius 2 is 2.11 bits per heavy atom. The zero-order chi connectivity index (χ0) is 12.7. The van der Waals surface area contributed by atoms with E-state index >= 15 is 0 Å². The highest BCUT2D eigenvalue weighted by molar-refractivity contribution is 6.05. The highest BCUT2D eigenvalue weighted by atomic mass is 16.6. The number of H-pyrrole nitrogens is 1. The van der Waals surface area contributed by atoms with E-state index < -0.39 is 10.8 Å².